The number of fused-ring (bicyclic) bond motifs is 1. The monoisotopic (exact) mass is 461 g/mol. The number of hydrogen-bond acceptors (Lipinski definition) is 7. The highest BCUT2D eigenvalue weighted by atomic mass is 32.1. The molecule has 0 aliphatic heterocycles. The van der Waals surface area contributed by atoms with Crippen LogP contribution in [-0.2, 0) is 11.3 Å². The van der Waals surface area contributed by atoms with Crippen LogP contribution in [0, 0.1) is 0 Å². The van der Waals surface area contributed by atoms with Crippen LogP contribution in [0.2, 0.25) is 0 Å². The van der Waals surface area contributed by atoms with Gasteiger partial charge in [-0.2, -0.15) is 0 Å². The Kier molecular flexibility index (Phi) is 6.85. The minimum absolute atomic E-state index is 0.195. The van der Waals surface area contributed by atoms with Gasteiger partial charge in [0, 0.05) is 18.5 Å². The van der Waals surface area contributed by atoms with Gasteiger partial charge in [-0.1, -0.05) is 23.5 Å². The summed E-state index contributed by atoms with van der Waals surface area (Å²) in [6, 6.07) is 14.9. The molecular weight excluding hydrogens is 438 g/mol. The first-order valence-electron chi connectivity index (χ1n) is 10.2. The van der Waals surface area contributed by atoms with Crippen LogP contribution < -0.4 is 19.1 Å². The van der Waals surface area contributed by atoms with Crippen molar-refractivity contribution in [2.24, 2.45) is 0 Å². The van der Waals surface area contributed by atoms with Crippen LogP contribution in [0.15, 0.2) is 67.0 Å². The van der Waals surface area contributed by atoms with E-state index in [4.69, 9.17) is 14.2 Å². The molecule has 0 atom stereocenters. The lowest BCUT2D eigenvalue weighted by molar-refractivity contribution is -0.114. The number of carbonyl (C=O) groups excluding carboxylic acids is 1. The van der Waals surface area contributed by atoms with E-state index in [-0.39, 0.29) is 5.91 Å². The summed E-state index contributed by atoms with van der Waals surface area (Å²) in [5.41, 5.74) is 2.53. The Balaban J connectivity index is 1.66. The van der Waals surface area contributed by atoms with Crippen LogP contribution in [0.1, 0.15) is 11.1 Å². The standard InChI is InChI=1S/C25H23N3O4S/c1-30-19-8-9-20-23(14-19)33-25(27-20)28(16-18-5-4-12-26-15-18)24(29)11-7-17-6-10-21(31-2)22(13-17)32-3/h4-15H,16H2,1-3H3/b11-7+. The van der Waals surface area contributed by atoms with Gasteiger partial charge in [0.25, 0.3) is 5.91 Å². The van der Waals surface area contributed by atoms with Crippen LogP contribution in [0.5, 0.6) is 17.2 Å². The molecule has 0 saturated carbocycles. The summed E-state index contributed by atoms with van der Waals surface area (Å²) in [6.45, 7) is 0.347. The Morgan fingerprint density at radius 1 is 1.03 bits per heavy atom. The maximum atomic E-state index is 13.3. The quantitative estimate of drug-likeness (QED) is 0.345. The topological polar surface area (TPSA) is 73.8 Å². The number of benzene rings is 2. The number of aromatic nitrogens is 2. The maximum Gasteiger partial charge on any atom is 0.253 e. The number of anilines is 1. The van der Waals surface area contributed by atoms with Crippen molar-refractivity contribution >= 4 is 38.7 Å². The highest BCUT2D eigenvalue weighted by molar-refractivity contribution is 7.22. The van der Waals surface area contributed by atoms with Gasteiger partial charge in [0.15, 0.2) is 16.6 Å². The third-order valence-corrected chi connectivity index (χ3v) is 6.01. The number of carbonyl (C=O) groups is 1. The van der Waals surface area contributed by atoms with Gasteiger partial charge in [0.1, 0.15) is 5.75 Å². The van der Waals surface area contributed by atoms with Crippen molar-refractivity contribution in [3.63, 3.8) is 0 Å². The fourth-order valence-electron chi connectivity index (χ4n) is 3.26. The number of nitrogens with zero attached hydrogens (tertiary/aromatic N) is 3. The molecule has 7 nitrogen and oxygen atoms in total. The normalized spacial score (nSPS) is 11.0. The molecule has 2 heterocycles. The zero-order valence-corrected chi connectivity index (χ0v) is 19.3. The maximum absolute atomic E-state index is 13.3. The van der Waals surface area contributed by atoms with E-state index in [1.54, 1.807) is 50.8 Å². The van der Waals surface area contributed by atoms with Crippen molar-refractivity contribution in [3.05, 3.63) is 78.1 Å². The zero-order chi connectivity index (χ0) is 23.2. The third-order valence-electron chi connectivity index (χ3n) is 4.97. The van der Waals surface area contributed by atoms with Crippen molar-refractivity contribution in [2.45, 2.75) is 6.54 Å². The van der Waals surface area contributed by atoms with Crippen LogP contribution in [0.25, 0.3) is 16.3 Å². The second-order valence-corrected chi connectivity index (χ2v) is 8.07. The molecule has 1 amide bonds. The molecule has 2 aromatic heterocycles. The van der Waals surface area contributed by atoms with Gasteiger partial charge in [-0.15, -0.1) is 0 Å². The van der Waals surface area contributed by atoms with Crippen LogP contribution in [-0.4, -0.2) is 37.2 Å². The lowest BCUT2D eigenvalue weighted by Gasteiger charge is -2.18. The largest absolute Gasteiger partial charge is 0.497 e. The van der Waals surface area contributed by atoms with E-state index in [9.17, 15) is 4.79 Å². The molecule has 0 bridgehead atoms. The number of methoxy groups -OCH3 is 3. The van der Waals surface area contributed by atoms with Gasteiger partial charge < -0.3 is 14.2 Å². The van der Waals surface area contributed by atoms with Crippen LogP contribution in [0.4, 0.5) is 5.13 Å². The fraction of sp³-hybridized carbons (Fsp3) is 0.160. The first-order chi connectivity index (χ1) is 16.1. The molecule has 0 spiro atoms. The molecule has 4 rings (SSSR count). The molecule has 168 valence electrons. The lowest BCUT2D eigenvalue weighted by atomic mass is 10.2. The molecule has 0 radical (unpaired) electrons. The highest BCUT2D eigenvalue weighted by Crippen LogP contribution is 2.33. The van der Waals surface area contributed by atoms with E-state index in [2.05, 4.69) is 9.97 Å². The average Bonchev–Trinajstić information content (AvgIpc) is 3.29. The molecule has 0 unspecified atom stereocenters. The summed E-state index contributed by atoms with van der Waals surface area (Å²) < 4.78 is 16.9. The van der Waals surface area contributed by atoms with E-state index in [0.29, 0.717) is 23.2 Å². The number of pyridine rings is 1. The minimum Gasteiger partial charge on any atom is -0.497 e. The van der Waals surface area contributed by atoms with Crippen molar-refractivity contribution in [3.8, 4) is 17.2 Å². The van der Waals surface area contributed by atoms with E-state index >= 15 is 0 Å². The highest BCUT2D eigenvalue weighted by Gasteiger charge is 2.19. The Morgan fingerprint density at radius 2 is 1.88 bits per heavy atom. The number of thiazole rings is 1. The SMILES string of the molecule is COc1ccc2nc(N(Cc3cccnc3)C(=O)/C=C/c3ccc(OC)c(OC)c3)sc2c1. The van der Waals surface area contributed by atoms with Crippen molar-refractivity contribution in [1.29, 1.82) is 0 Å². The Morgan fingerprint density at radius 3 is 2.61 bits per heavy atom. The minimum atomic E-state index is -0.195. The van der Waals surface area contributed by atoms with Crippen LogP contribution >= 0.6 is 11.3 Å². The molecule has 0 aliphatic carbocycles. The van der Waals surface area contributed by atoms with Gasteiger partial charge in [0.05, 0.1) is 38.1 Å². The molecule has 0 saturated heterocycles. The summed E-state index contributed by atoms with van der Waals surface area (Å²) >= 11 is 1.44. The number of amides is 1. The fourth-order valence-corrected chi connectivity index (χ4v) is 4.26. The molecule has 0 aliphatic rings. The number of ether oxygens (including phenoxy) is 3. The molecular formula is C25H23N3O4S. The molecule has 0 N–H and O–H groups in total. The Labute approximate surface area is 195 Å². The Hall–Kier alpha value is -3.91. The van der Waals surface area contributed by atoms with Crippen molar-refractivity contribution in [2.75, 3.05) is 26.2 Å². The predicted octanol–water partition coefficient (Wildman–Crippen LogP) is 4.96. The number of hydrogen-bond donors (Lipinski definition) is 0. The van der Waals surface area contributed by atoms with Gasteiger partial charge in [-0.3, -0.25) is 14.7 Å². The van der Waals surface area contributed by atoms with E-state index < -0.39 is 0 Å². The van der Waals surface area contributed by atoms with Gasteiger partial charge >= 0.3 is 0 Å². The first-order valence-corrected chi connectivity index (χ1v) is 11.0. The third kappa shape index (κ3) is 5.12. The zero-order valence-electron chi connectivity index (χ0n) is 18.5. The van der Waals surface area contributed by atoms with E-state index in [0.717, 1.165) is 27.1 Å². The summed E-state index contributed by atoms with van der Waals surface area (Å²) in [4.78, 5) is 23.8. The lowest BCUT2D eigenvalue weighted by Crippen LogP contribution is -2.28. The van der Waals surface area contributed by atoms with Crippen LogP contribution in [0.3, 0.4) is 0 Å². The summed E-state index contributed by atoms with van der Waals surface area (Å²) in [5, 5.41) is 0.601. The van der Waals surface area contributed by atoms with Crippen molar-refractivity contribution in [1.82, 2.24) is 9.97 Å². The molecule has 0 fully saturated rings. The number of rotatable bonds is 8. The van der Waals surface area contributed by atoms with Crippen molar-refractivity contribution < 1.29 is 19.0 Å². The second-order valence-electron chi connectivity index (χ2n) is 7.06. The van der Waals surface area contributed by atoms with Gasteiger partial charge in [0.2, 0.25) is 0 Å². The second kappa shape index (κ2) is 10.1. The molecule has 2 aromatic carbocycles. The molecule has 4 aromatic rings. The summed E-state index contributed by atoms with van der Waals surface area (Å²) in [6.07, 6.45) is 6.73. The van der Waals surface area contributed by atoms with Gasteiger partial charge in [-0.25, -0.2) is 4.98 Å². The first kappa shape index (κ1) is 22.3. The summed E-state index contributed by atoms with van der Waals surface area (Å²) in [7, 11) is 4.79. The molecule has 8 heteroatoms. The van der Waals surface area contributed by atoms with E-state index in [1.165, 1.54) is 17.4 Å². The van der Waals surface area contributed by atoms with E-state index in [1.807, 2.05) is 42.5 Å². The average molecular weight is 462 g/mol. The summed E-state index contributed by atoms with van der Waals surface area (Å²) in [5.74, 6) is 1.78. The predicted molar refractivity (Wildman–Crippen MR) is 130 cm³/mol. The molecule has 33 heavy (non-hydrogen) atoms. The smallest absolute Gasteiger partial charge is 0.253 e. The van der Waals surface area contributed by atoms with Gasteiger partial charge in [-0.05, 0) is 53.6 Å². The Bertz CT molecular complexity index is 1290.